The van der Waals surface area contributed by atoms with Crippen molar-refractivity contribution in [2.24, 2.45) is 0 Å². The SMILES string of the molecule is COc1nc2c(c(N3CC4CCC(C3)N4)n1)CCN(c1cc(O)c(Br)c3ccccc13)C2. The summed E-state index contributed by atoms with van der Waals surface area (Å²) in [5.41, 5.74) is 3.26. The van der Waals surface area contributed by atoms with Gasteiger partial charge in [0.05, 0.1) is 23.8 Å². The van der Waals surface area contributed by atoms with Gasteiger partial charge in [0.15, 0.2) is 0 Å². The number of benzene rings is 2. The molecule has 3 aliphatic rings. The number of phenols is 1. The summed E-state index contributed by atoms with van der Waals surface area (Å²) >= 11 is 3.54. The van der Waals surface area contributed by atoms with E-state index in [1.54, 1.807) is 7.11 Å². The Morgan fingerprint density at radius 2 is 1.84 bits per heavy atom. The quantitative estimate of drug-likeness (QED) is 0.574. The van der Waals surface area contributed by atoms with Crippen LogP contribution in [0.3, 0.4) is 0 Å². The van der Waals surface area contributed by atoms with Crippen LogP contribution in [-0.2, 0) is 13.0 Å². The maximum absolute atomic E-state index is 10.5. The number of aromatic hydroxyl groups is 1. The first kappa shape index (κ1) is 20.1. The third-order valence-electron chi connectivity index (χ3n) is 7.00. The Morgan fingerprint density at radius 3 is 2.59 bits per heavy atom. The van der Waals surface area contributed by atoms with E-state index in [-0.39, 0.29) is 5.75 Å². The van der Waals surface area contributed by atoms with Gasteiger partial charge < -0.3 is 25.0 Å². The summed E-state index contributed by atoms with van der Waals surface area (Å²) in [5, 5.41) is 16.4. The number of nitrogens with zero attached hydrogens (tertiary/aromatic N) is 4. The van der Waals surface area contributed by atoms with E-state index in [2.05, 4.69) is 37.1 Å². The molecule has 32 heavy (non-hydrogen) atoms. The van der Waals surface area contributed by atoms with Crippen molar-refractivity contribution in [1.29, 1.82) is 0 Å². The van der Waals surface area contributed by atoms with E-state index in [1.165, 1.54) is 18.4 Å². The van der Waals surface area contributed by atoms with Gasteiger partial charge in [-0.15, -0.1) is 0 Å². The maximum Gasteiger partial charge on any atom is 0.318 e. The molecule has 2 bridgehead atoms. The Labute approximate surface area is 195 Å². The molecule has 4 heterocycles. The predicted octanol–water partition coefficient (Wildman–Crippen LogP) is 3.61. The zero-order valence-corrected chi connectivity index (χ0v) is 19.6. The molecule has 2 N–H and O–H groups in total. The standard InChI is InChI=1S/C24H26BrN5O2/c1-32-24-27-19-13-29(20-10-21(31)22(25)17-5-3-2-4-16(17)20)9-8-18(19)23(28-24)30-11-14-6-7-15(12-30)26-14/h2-5,10,14-15,26,31H,6-9,11-13H2,1H3. The van der Waals surface area contributed by atoms with E-state index in [0.29, 0.717) is 24.6 Å². The van der Waals surface area contributed by atoms with E-state index in [9.17, 15) is 5.11 Å². The molecule has 2 atom stereocenters. The molecule has 0 saturated carbocycles. The molecule has 0 aliphatic carbocycles. The number of piperazine rings is 1. The van der Waals surface area contributed by atoms with Crippen molar-refractivity contribution in [2.45, 2.75) is 37.9 Å². The van der Waals surface area contributed by atoms with Crippen molar-refractivity contribution < 1.29 is 9.84 Å². The Bertz CT molecular complexity index is 1190. The van der Waals surface area contributed by atoms with Gasteiger partial charge >= 0.3 is 6.01 Å². The first-order valence-electron chi connectivity index (χ1n) is 11.2. The average Bonchev–Trinajstić information content (AvgIpc) is 3.17. The minimum atomic E-state index is 0.252. The lowest BCUT2D eigenvalue weighted by atomic mass is 10.0. The average molecular weight is 496 g/mol. The van der Waals surface area contributed by atoms with Crippen LogP contribution in [0.4, 0.5) is 11.5 Å². The summed E-state index contributed by atoms with van der Waals surface area (Å²) in [5.74, 6) is 1.29. The smallest absolute Gasteiger partial charge is 0.318 e. The van der Waals surface area contributed by atoms with Gasteiger partial charge in [0.2, 0.25) is 0 Å². The monoisotopic (exact) mass is 495 g/mol. The van der Waals surface area contributed by atoms with Crippen molar-refractivity contribution >= 4 is 38.2 Å². The number of nitrogens with one attached hydrogen (secondary N) is 1. The first-order valence-corrected chi connectivity index (χ1v) is 12.0. The number of methoxy groups -OCH3 is 1. The van der Waals surface area contributed by atoms with E-state index < -0.39 is 0 Å². The van der Waals surface area contributed by atoms with E-state index in [0.717, 1.165) is 58.5 Å². The van der Waals surface area contributed by atoms with Crippen molar-refractivity contribution in [1.82, 2.24) is 15.3 Å². The number of aromatic nitrogens is 2. The second-order valence-corrected chi connectivity index (χ2v) is 9.74. The lowest BCUT2D eigenvalue weighted by molar-refractivity contribution is 0.374. The van der Waals surface area contributed by atoms with Crippen LogP contribution in [0.25, 0.3) is 10.8 Å². The molecule has 6 rings (SSSR count). The van der Waals surface area contributed by atoms with Crippen LogP contribution < -0.4 is 19.9 Å². The normalized spacial score (nSPS) is 22.3. The molecule has 0 spiro atoms. The van der Waals surface area contributed by atoms with Gasteiger partial charge in [-0.1, -0.05) is 24.3 Å². The summed E-state index contributed by atoms with van der Waals surface area (Å²) in [6.45, 7) is 3.47. The summed E-state index contributed by atoms with van der Waals surface area (Å²) in [6.07, 6.45) is 3.33. The van der Waals surface area contributed by atoms with Gasteiger partial charge in [-0.05, 0) is 35.2 Å². The minimum absolute atomic E-state index is 0.252. The molecule has 1 aromatic heterocycles. The third-order valence-corrected chi connectivity index (χ3v) is 7.83. The number of hydrogen-bond acceptors (Lipinski definition) is 7. The van der Waals surface area contributed by atoms with Crippen LogP contribution in [-0.4, -0.2) is 53.9 Å². The zero-order chi connectivity index (χ0) is 21.8. The molecule has 2 fully saturated rings. The molecule has 2 aromatic carbocycles. The highest BCUT2D eigenvalue weighted by molar-refractivity contribution is 9.10. The lowest BCUT2D eigenvalue weighted by Gasteiger charge is -2.37. The topological polar surface area (TPSA) is 73.8 Å². The molecule has 3 aliphatic heterocycles. The highest BCUT2D eigenvalue weighted by Crippen LogP contribution is 2.41. The van der Waals surface area contributed by atoms with Crippen molar-refractivity contribution in [3.63, 3.8) is 0 Å². The second-order valence-electron chi connectivity index (χ2n) is 8.95. The first-order chi connectivity index (χ1) is 15.6. The van der Waals surface area contributed by atoms with Gasteiger partial charge in [-0.2, -0.15) is 9.97 Å². The number of halogens is 1. The molecule has 7 nitrogen and oxygen atoms in total. The van der Waals surface area contributed by atoms with Crippen molar-refractivity contribution in [3.8, 4) is 11.8 Å². The van der Waals surface area contributed by atoms with Gasteiger partial charge in [0, 0.05) is 59.8 Å². The number of fused-ring (bicyclic) bond motifs is 4. The Balaban J connectivity index is 1.39. The molecule has 0 radical (unpaired) electrons. The molecule has 166 valence electrons. The summed E-state index contributed by atoms with van der Waals surface area (Å²) < 4.78 is 6.23. The number of anilines is 2. The minimum Gasteiger partial charge on any atom is -0.507 e. The summed E-state index contributed by atoms with van der Waals surface area (Å²) in [7, 11) is 1.63. The highest BCUT2D eigenvalue weighted by atomic mass is 79.9. The van der Waals surface area contributed by atoms with Crippen molar-refractivity contribution in [3.05, 3.63) is 46.1 Å². The number of phenolic OH excluding ortho intramolecular Hbond substituents is 1. The largest absolute Gasteiger partial charge is 0.507 e. The molecule has 3 aromatic rings. The zero-order valence-electron chi connectivity index (χ0n) is 18.0. The Hall–Kier alpha value is -2.58. The van der Waals surface area contributed by atoms with Crippen LogP contribution in [0.2, 0.25) is 0 Å². The second kappa shape index (κ2) is 7.78. The van der Waals surface area contributed by atoms with Crippen LogP contribution in [0.15, 0.2) is 34.8 Å². The number of ether oxygens (including phenoxy) is 1. The van der Waals surface area contributed by atoms with Gasteiger partial charge in [-0.25, -0.2) is 0 Å². The molecule has 2 saturated heterocycles. The summed E-state index contributed by atoms with van der Waals surface area (Å²) in [6, 6.07) is 11.5. The maximum atomic E-state index is 10.5. The third kappa shape index (κ3) is 3.28. The molecule has 0 amide bonds. The number of hydrogen-bond donors (Lipinski definition) is 2. The van der Waals surface area contributed by atoms with E-state index in [1.807, 2.05) is 24.3 Å². The molecule has 2 unspecified atom stereocenters. The molecular weight excluding hydrogens is 470 g/mol. The fourth-order valence-corrected chi connectivity index (χ4v) is 5.95. The van der Waals surface area contributed by atoms with Crippen LogP contribution in [0.1, 0.15) is 24.1 Å². The highest BCUT2D eigenvalue weighted by Gasteiger charge is 2.35. The predicted molar refractivity (Wildman–Crippen MR) is 129 cm³/mol. The van der Waals surface area contributed by atoms with Crippen LogP contribution in [0.5, 0.6) is 11.8 Å². The fourth-order valence-electron chi connectivity index (χ4n) is 5.49. The summed E-state index contributed by atoms with van der Waals surface area (Å²) in [4.78, 5) is 14.3. The molecular formula is C24H26BrN5O2. The Morgan fingerprint density at radius 1 is 1.09 bits per heavy atom. The van der Waals surface area contributed by atoms with Crippen molar-refractivity contribution in [2.75, 3.05) is 36.5 Å². The molecule has 8 heteroatoms. The van der Waals surface area contributed by atoms with E-state index in [4.69, 9.17) is 14.7 Å². The lowest BCUT2D eigenvalue weighted by Crippen LogP contribution is -2.52. The van der Waals surface area contributed by atoms with Gasteiger partial charge in [0.1, 0.15) is 11.6 Å². The Kier molecular flexibility index (Phi) is 4.87. The van der Waals surface area contributed by atoms with Crippen LogP contribution >= 0.6 is 15.9 Å². The van der Waals surface area contributed by atoms with Gasteiger partial charge in [0.25, 0.3) is 0 Å². The number of rotatable bonds is 3. The fraction of sp³-hybridized carbons (Fsp3) is 0.417. The van der Waals surface area contributed by atoms with Gasteiger partial charge in [-0.3, -0.25) is 0 Å². The van der Waals surface area contributed by atoms with E-state index >= 15 is 0 Å². The van der Waals surface area contributed by atoms with Crippen LogP contribution in [0, 0.1) is 0 Å².